The van der Waals surface area contributed by atoms with Crippen molar-refractivity contribution < 1.29 is 4.79 Å². The van der Waals surface area contributed by atoms with Crippen molar-refractivity contribution in [1.82, 2.24) is 30.2 Å². The normalized spacial score (nSPS) is 12.0. The molecule has 7 nitrogen and oxygen atoms in total. The van der Waals surface area contributed by atoms with Gasteiger partial charge in [0.05, 0.1) is 17.3 Å². The Morgan fingerprint density at radius 2 is 2.00 bits per heavy atom. The van der Waals surface area contributed by atoms with Gasteiger partial charge in [-0.1, -0.05) is 0 Å². The lowest BCUT2D eigenvalue weighted by Crippen LogP contribution is -2.40. The minimum Gasteiger partial charge on any atom is -0.359 e. The zero-order chi connectivity index (χ0) is 17.6. The van der Waals surface area contributed by atoms with Crippen LogP contribution in [0.4, 0.5) is 0 Å². The quantitative estimate of drug-likeness (QED) is 0.524. The summed E-state index contributed by atoms with van der Waals surface area (Å²) in [4.78, 5) is 32.2. The number of aromatic nitrogens is 5. The average Bonchev–Trinajstić information content (AvgIpc) is 3.18. The molecule has 1 amide bonds. The van der Waals surface area contributed by atoms with Crippen molar-refractivity contribution in [2.24, 2.45) is 0 Å². The fourth-order valence-corrected chi connectivity index (χ4v) is 2.76. The number of rotatable bonds is 2. The van der Waals surface area contributed by atoms with E-state index < -0.39 is 0 Å². The summed E-state index contributed by atoms with van der Waals surface area (Å²) in [7, 11) is 0. The van der Waals surface area contributed by atoms with Crippen molar-refractivity contribution in [3.8, 4) is 11.4 Å². The number of H-pyrrole nitrogens is 2. The molecule has 4 aromatic rings. The molecule has 0 spiro atoms. The van der Waals surface area contributed by atoms with E-state index in [1.807, 2.05) is 39.1 Å². The highest BCUT2D eigenvalue weighted by Crippen LogP contribution is 2.25. The van der Waals surface area contributed by atoms with Gasteiger partial charge in [0.15, 0.2) is 5.65 Å². The molecule has 0 bridgehead atoms. The molecule has 0 unspecified atom stereocenters. The van der Waals surface area contributed by atoms with Gasteiger partial charge in [-0.05, 0) is 32.9 Å². The Balaban J connectivity index is 1.84. The maximum atomic E-state index is 12.5. The molecule has 0 atom stereocenters. The van der Waals surface area contributed by atoms with Crippen LogP contribution in [0.25, 0.3) is 33.5 Å². The minimum atomic E-state index is -0.330. The number of fused-ring (bicyclic) bond motifs is 2. The summed E-state index contributed by atoms with van der Waals surface area (Å²) >= 11 is 0. The number of hydrogen-bond acceptors (Lipinski definition) is 4. The molecule has 0 aliphatic rings. The topological polar surface area (TPSA) is 99.4 Å². The van der Waals surface area contributed by atoms with E-state index in [0.29, 0.717) is 28.1 Å². The largest absolute Gasteiger partial charge is 0.359 e. The molecule has 0 fully saturated rings. The SMILES string of the molecule is CC(C)(C)NC(=O)c1c[nH]c2ncc(-c3nccc4cc[nH]c34)nc12. The van der Waals surface area contributed by atoms with E-state index in [1.54, 1.807) is 18.6 Å². The van der Waals surface area contributed by atoms with Gasteiger partial charge in [0.2, 0.25) is 0 Å². The lowest BCUT2D eigenvalue weighted by Gasteiger charge is -2.20. The summed E-state index contributed by atoms with van der Waals surface area (Å²) in [5.41, 5.74) is 3.46. The Morgan fingerprint density at radius 1 is 1.16 bits per heavy atom. The molecule has 0 radical (unpaired) electrons. The third-order valence-electron chi connectivity index (χ3n) is 3.83. The number of carbonyl (C=O) groups excluding carboxylic acids is 1. The Morgan fingerprint density at radius 3 is 2.80 bits per heavy atom. The smallest absolute Gasteiger partial charge is 0.255 e. The number of nitrogens with zero attached hydrogens (tertiary/aromatic N) is 3. The van der Waals surface area contributed by atoms with Crippen LogP contribution >= 0.6 is 0 Å². The maximum Gasteiger partial charge on any atom is 0.255 e. The summed E-state index contributed by atoms with van der Waals surface area (Å²) in [6.45, 7) is 5.81. The summed E-state index contributed by atoms with van der Waals surface area (Å²) in [5, 5.41) is 4.00. The van der Waals surface area contributed by atoms with E-state index in [9.17, 15) is 4.79 Å². The van der Waals surface area contributed by atoms with Crippen LogP contribution in [-0.4, -0.2) is 36.4 Å². The second-order valence-corrected chi connectivity index (χ2v) is 6.96. The van der Waals surface area contributed by atoms with Gasteiger partial charge in [-0.2, -0.15) is 0 Å². The Hall–Kier alpha value is -3.22. The van der Waals surface area contributed by atoms with E-state index in [1.165, 1.54) is 0 Å². The highest BCUT2D eigenvalue weighted by atomic mass is 16.1. The van der Waals surface area contributed by atoms with E-state index in [2.05, 4.69) is 30.2 Å². The fraction of sp³-hybridized carbons (Fsp3) is 0.222. The van der Waals surface area contributed by atoms with Crippen molar-refractivity contribution in [3.05, 3.63) is 42.5 Å². The molecule has 0 saturated heterocycles. The zero-order valence-electron chi connectivity index (χ0n) is 14.2. The summed E-state index contributed by atoms with van der Waals surface area (Å²) in [6, 6.07) is 3.91. The van der Waals surface area contributed by atoms with Crippen LogP contribution in [0.15, 0.2) is 36.9 Å². The predicted octanol–water partition coefficient (Wildman–Crippen LogP) is 3.03. The van der Waals surface area contributed by atoms with Gasteiger partial charge < -0.3 is 15.3 Å². The van der Waals surface area contributed by atoms with E-state index >= 15 is 0 Å². The first-order valence-corrected chi connectivity index (χ1v) is 8.01. The van der Waals surface area contributed by atoms with Crippen LogP contribution in [0.2, 0.25) is 0 Å². The van der Waals surface area contributed by atoms with Gasteiger partial charge in [0.25, 0.3) is 5.91 Å². The van der Waals surface area contributed by atoms with E-state index in [0.717, 1.165) is 10.9 Å². The summed E-state index contributed by atoms with van der Waals surface area (Å²) < 4.78 is 0. The number of aromatic amines is 2. The van der Waals surface area contributed by atoms with Gasteiger partial charge in [-0.25, -0.2) is 9.97 Å². The van der Waals surface area contributed by atoms with Crippen LogP contribution in [0.1, 0.15) is 31.1 Å². The molecule has 4 aromatic heterocycles. The predicted molar refractivity (Wildman–Crippen MR) is 96.2 cm³/mol. The first kappa shape index (κ1) is 15.3. The van der Waals surface area contributed by atoms with Crippen LogP contribution in [-0.2, 0) is 0 Å². The zero-order valence-corrected chi connectivity index (χ0v) is 14.2. The monoisotopic (exact) mass is 334 g/mol. The molecule has 7 heteroatoms. The molecule has 0 aliphatic carbocycles. The van der Waals surface area contributed by atoms with Crippen molar-refractivity contribution in [1.29, 1.82) is 0 Å². The number of pyridine rings is 1. The Kier molecular flexibility index (Phi) is 3.31. The Bertz CT molecular complexity index is 1090. The standard InChI is InChI=1S/C18H18N6O/c1-18(2,3)24-17(25)11-8-21-16-14(11)23-12(9-22-16)15-13-10(4-6-19-13)5-7-20-15/h4-9,19H,1-3H3,(H,21,22)(H,24,25). The van der Waals surface area contributed by atoms with E-state index in [4.69, 9.17) is 0 Å². The van der Waals surface area contributed by atoms with Crippen molar-refractivity contribution in [2.45, 2.75) is 26.3 Å². The number of carbonyl (C=O) groups is 1. The second kappa shape index (κ2) is 5.41. The van der Waals surface area contributed by atoms with Crippen LogP contribution in [0, 0.1) is 0 Å². The van der Waals surface area contributed by atoms with Crippen LogP contribution in [0.3, 0.4) is 0 Å². The highest BCUT2D eigenvalue weighted by molar-refractivity contribution is 6.05. The third-order valence-corrected chi connectivity index (χ3v) is 3.83. The van der Waals surface area contributed by atoms with Gasteiger partial charge in [0, 0.05) is 29.5 Å². The molecular formula is C18H18N6O. The molecule has 25 heavy (non-hydrogen) atoms. The maximum absolute atomic E-state index is 12.5. The van der Waals surface area contributed by atoms with Crippen molar-refractivity contribution in [3.63, 3.8) is 0 Å². The van der Waals surface area contributed by atoms with E-state index in [-0.39, 0.29) is 11.4 Å². The second-order valence-electron chi connectivity index (χ2n) is 6.96. The lowest BCUT2D eigenvalue weighted by atomic mass is 10.1. The number of nitrogens with one attached hydrogen (secondary N) is 3. The lowest BCUT2D eigenvalue weighted by molar-refractivity contribution is 0.0921. The molecule has 0 aliphatic heterocycles. The molecular weight excluding hydrogens is 316 g/mol. The van der Waals surface area contributed by atoms with Gasteiger partial charge >= 0.3 is 0 Å². The van der Waals surface area contributed by atoms with Crippen LogP contribution in [0.5, 0.6) is 0 Å². The van der Waals surface area contributed by atoms with Gasteiger partial charge in [-0.15, -0.1) is 0 Å². The molecule has 0 aromatic carbocycles. The summed E-state index contributed by atoms with van der Waals surface area (Å²) in [5.74, 6) is -0.184. The first-order valence-electron chi connectivity index (χ1n) is 8.01. The third kappa shape index (κ3) is 2.73. The van der Waals surface area contributed by atoms with Crippen molar-refractivity contribution in [2.75, 3.05) is 0 Å². The summed E-state index contributed by atoms with van der Waals surface area (Å²) in [6.07, 6.45) is 6.90. The highest BCUT2D eigenvalue weighted by Gasteiger charge is 2.20. The number of hydrogen-bond donors (Lipinski definition) is 3. The van der Waals surface area contributed by atoms with Crippen molar-refractivity contribution >= 4 is 28.0 Å². The van der Waals surface area contributed by atoms with Crippen LogP contribution < -0.4 is 5.32 Å². The minimum absolute atomic E-state index is 0.184. The van der Waals surface area contributed by atoms with Gasteiger partial charge in [0.1, 0.15) is 16.9 Å². The molecule has 3 N–H and O–H groups in total. The molecule has 0 saturated carbocycles. The fourth-order valence-electron chi connectivity index (χ4n) is 2.76. The first-order chi connectivity index (χ1) is 11.9. The Labute approximate surface area is 143 Å². The number of amides is 1. The molecule has 4 rings (SSSR count). The van der Waals surface area contributed by atoms with Gasteiger partial charge in [-0.3, -0.25) is 9.78 Å². The molecule has 4 heterocycles. The molecule has 126 valence electrons. The average molecular weight is 334 g/mol.